The minimum Gasteiger partial charge on any atom is -0.457 e. The molecule has 0 aromatic heterocycles. The number of esters is 1. The van der Waals surface area contributed by atoms with Gasteiger partial charge in [-0.05, 0) is 6.42 Å². The van der Waals surface area contributed by atoms with Crippen molar-refractivity contribution in [2.24, 2.45) is 0 Å². The second-order valence-electron chi connectivity index (χ2n) is 11.4. The van der Waals surface area contributed by atoms with Crippen LogP contribution < -0.4 is 0 Å². The van der Waals surface area contributed by atoms with Crippen LogP contribution in [-0.2, 0) is 38.3 Å². The lowest BCUT2D eigenvalue weighted by atomic mass is 9.99. The van der Waals surface area contributed by atoms with Crippen LogP contribution in [0.2, 0.25) is 0 Å². The van der Waals surface area contributed by atoms with Gasteiger partial charge in [0, 0.05) is 13.0 Å². The molecule has 12 nitrogen and oxygen atoms in total. The van der Waals surface area contributed by atoms with Gasteiger partial charge >= 0.3 is 16.4 Å². The molecule has 6 unspecified atom stereocenters. The number of ether oxygens (including phenoxy) is 4. The summed E-state index contributed by atoms with van der Waals surface area (Å²) in [5, 5.41) is 30.0. The molecule has 0 amide bonds. The first-order chi connectivity index (χ1) is 20.6. The average molecular weight is 643 g/mol. The number of hydrogen-bond acceptors (Lipinski definition) is 11. The van der Waals surface area contributed by atoms with Gasteiger partial charge in [-0.15, -0.1) is 0 Å². The Morgan fingerprint density at radius 2 is 1.30 bits per heavy atom. The van der Waals surface area contributed by atoms with Crippen molar-refractivity contribution in [2.75, 3.05) is 26.4 Å². The van der Waals surface area contributed by atoms with E-state index in [0.717, 1.165) is 19.3 Å². The van der Waals surface area contributed by atoms with Crippen molar-refractivity contribution in [3.8, 4) is 0 Å². The Morgan fingerprint density at radius 1 is 0.791 bits per heavy atom. The monoisotopic (exact) mass is 642 g/mol. The molecule has 0 aromatic carbocycles. The van der Waals surface area contributed by atoms with Crippen LogP contribution in [-0.4, -0.2) is 97.5 Å². The molecular weight excluding hydrogens is 584 g/mol. The van der Waals surface area contributed by atoms with E-state index >= 15 is 0 Å². The highest BCUT2D eigenvalue weighted by Crippen LogP contribution is 2.26. The summed E-state index contributed by atoms with van der Waals surface area (Å²) in [5.41, 5.74) is 0. The molecule has 0 aliphatic carbocycles. The second-order valence-corrected chi connectivity index (χ2v) is 12.4. The Hall–Kier alpha value is -0.900. The third kappa shape index (κ3) is 19.3. The van der Waals surface area contributed by atoms with E-state index in [1.54, 1.807) is 6.92 Å². The molecule has 1 fully saturated rings. The Bertz CT molecular complexity index is 796. The number of aliphatic hydroxyl groups is 3. The molecule has 256 valence electrons. The maximum atomic E-state index is 11.9. The summed E-state index contributed by atoms with van der Waals surface area (Å²) >= 11 is 0. The van der Waals surface area contributed by atoms with Crippen LogP contribution >= 0.6 is 0 Å². The van der Waals surface area contributed by atoms with E-state index in [2.05, 4.69) is 11.1 Å². The average Bonchev–Trinajstić information content (AvgIpc) is 2.97. The predicted octanol–water partition coefficient (Wildman–Crippen LogP) is 4.23. The van der Waals surface area contributed by atoms with E-state index in [1.807, 2.05) is 0 Å². The van der Waals surface area contributed by atoms with Gasteiger partial charge in [-0.1, -0.05) is 110 Å². The lowest BCUT2D eigenvalue weighted by molar-refractivity contribution is -0.301. The molecule has 13 heteroatoms. The van der Waals surface area contributed by atoms with Crippen LogP contribution in [0, 0.1) is 0 Å². The van der Waals surface area contributed by atoms with Gasteiger partial charge in [0.15, 0.2) is 6.29 Å². The summed E-state index contributed by atoms with van der Waals surface area (Å²) in [6.45, 7) is 3.38. The van der Waals surface area contributed by atoms with E-state index in [-0.39, 0.29) is 19.6 Å². The maximum Gasteiger partial charge on any atom is 0.397 e. The fourth-order valence-electron chi connectivity index (χ4n) is 5.00. The van der Waals surface area contributed by atoms with Crippen molar-refractivity contribution in [3.05, 3.63) is 0 Å². The summed E-state index contributed by atoms with van der Waals surface area (Å²) in [4.78, 5) is 11.9. The zero-order valence-electron chi connectivity index (χ0n) is 26.3. The second kappa shape index (κ2) is 24.3. The molecule has 0 bridgehead atoms. The number of aliphatic hydroxyl groups excluding tert-OH is 3. The summed E-state index contributed by atoms with van der Waals surface area (Å²) in [7, 11) is -5.03. The van der Waals surface area contributed by atoms with E-state index < -0.39 is 59.8 Å². The molecule has 43 heavy (non-hydrogen) atoms. The fraction of sp³-hybridized carbons (Fsp3) is 0.967. The van der Waals surface area contributed by atoms with Crippen molar-refractivity contribution in [2.45, 2.75) is 160 Å². The molecule has 1 saturated heterocycles. The normalized spacial score (nSPS) is 23.3. The molecule has 4 N–H and O–H groups in total. The van der Waals surface area contributed by atoms with Gasteiger partial charge in [0.2, 0.25) is 0 Å². The summed E-state index contributed by atoms with van der Waals surface area (Å²) in [6, 6.07) is 0. The first-order valence-electron chi connectivity index (χ1n) is 16.3. The SMILES string of the molecule is CCCCCCCCCCCCCCCCCCOCC(COC1OC(CO)C(O)C(OS(=O)(=O)O)C1O)OC(=O)CC. The van der Waals surface area contributed by atoms with Gasteiger partial charge in [0.25, 0.3) is 0 Å². The van der Waals surface area contributed by atoms with Gasteiger partial charge in [0.1, 0.15) is 30.5 Å². The molecule has 0 saturated carbocycles. The molecule has 1 heterocycles. The third-order valence-electron chi connectivity index (χ3n) is 7.53. The Morgan fingerprint density at radius 3 is 1.77 bits per heavy atom. The maximum absolute atomic E-state index is 11.9. The molecule has 6 atom stereocenters. The highest BCUT2D eigenvalue weighted by molar-refractivity contribution is 7.80. The topological polar surface area (TPSA) is 178 Å². The van der Waals surface area contributed by atoms with Gasteiger partial charge in [-0.25, -0.2) is 4.18 Å². The highest BCUT2D eigenvalue weighted by atomic mass is 32.3. The molecule has 0 aromatic rings. The first kappa shape index (κ1) is 40.1. The zero-order valence-corrected chi connectivity index (χ0v) is 27.1. The summed E-state index contributed by atoms with van der Waals surface area (Å²) in [6.07, 6.45) is 11.3. The van der Waals surface area contributed by atoms with Gasteiger partial charge < -0.3 is 34.3 Å². The van der Waals surface area contributed by atoms with Crippen molar-refractivity contribution in [1.29, 1.82) is 0 Å². The Balaban J connectivity index is 2.25. The van der Waals surface area contributed by atoms with Crippen LogP contribution in [0.5, 0.6) is 0 Å². The van der Waals surface area contributed by atoms with E-state index in [4.69, 9.17) is 23.5 Å². The Labute approximate surface area is 258 Å². The van der Waals surface area contributed by atoms with Gasteiger partial charge in [-0.2, -0.15) is 8.42 Å². The van der Waals surface area contributed by atoms with E-state index in [1.165, 1.54) is 83.5 Å². The van der Waals surface area contributed by atoms with Crippen molar-refractivity contribution >= 4 is 16.4 Å². The lowest BCUT2D eigenvalue weighted by Gasteiger charge is -2.41. The minimum atomic E-state index is -5.03. The number of carbonyl (C=O) groups is 1. The largest absolute Gasteiger partial charge is 0.457 e. The first-order valence-corrected chi connectivity index (χ1v) is 17.7. The van der Waals surface area contributed by atoms with Gasteiger partial charge in [0.05, 0.1) is 19.8 Å². The van der Waals surface area contributed by atoms with Crippen LogP contribution in [0.25, 0.3) is 0 Å². The molecule has 1 aliphatic rings. The van der Waals surface area contributed by atoms with Gasteiger partial charge in [-0.3, -0.25) is 9.35 Å². The standard InChI is InChI=1S/C30H58O12S/c1-3-5-6-7-8-9-10-11-12-13-14-15-16-17-18-19-20-38-22-24(40-26(32)4-2)23-39-30-28(34)29(42-43(35,36)37)27(33)25(21-31)41-30/h24-25,27-31,33-34H,3-23H2,1-2H3,(H,35,36,37). The Kier molecular flexibility index (Phi) is 22.7. The molecule has 0 radical (unpaired) electrons. The summed E-state index contributed by atoms with van der Waals surface area (Å²) < 4.78 is 57.5. The molecule has 1 rings (SSSR count). The van der Waals surface area contributed by atoms with Crippen LogP contribution in [0.1, 0.15) is 123 Å². The number of carbonyl (C=O) groups excluding carboxylic acids is 1. The zero-order chi connectivity index (χ0) is 31.9. The number of rotatable bonds is 27. The van der Waals surface area contributed by atoms with Crippen LogP contribution in [0.3, 0.4) is 0 Å². The van der Waals surface area contributed by atoms with Crippen molar-refractivity contribution < 1.29 is 56.2 Å². The highest BCUT2D eigenvalue weighted by Gasteiger charge is 2.48. The predicted molar refractivity (Wildman–Crippen MR) is 161 cm³/mol. The van der Waals surface area contributed by atoms with Crippen LogP contribution in [0.4, 0.5) is 0 Å². The minimum absolute atomic E-state index is 0.0320. The fourth-order valence-corrected chi connectivity index (χ4v) is 5.51. The number of unbranched alkanes of at least 4 members (excludes halogenated alkanes) is 15. The summed E-state index contributed by atoms with van der Waals surface area (Å²) in [5.74, 6) is -0.485. The molecular formula is C30H58O12S. The molecule has 1 aliphatic heterocycles. The van der Waals surface area contributed by atoms with Crippen LogP contribution in [0.15, 0.2) is 0 Å². The quantitative estimate of drug-likeness (QED) is 0.0570. The lowest BCUT2D eigenvalue weighted by Crippen LogP contribution is -2.60. The van der Waals surface area contributed by atoms with E-state index in [0.29, 0.717) is 6.61 Å². The number of hydrogen-bond donors (Lipinski definition) is 4. The van der Waals surface area contributed by atoms with Crippen molar-refractivity contribution in [3.63, 3.8) is 0 Å². The third-order valence-corrected chi connectivity index (χ3v) is 8.00. The molecule has 0 spiro atoms. The van der Waals surface area contributed by atoms with Crippen molar-refractivity contribution in [1.82, 2.24) is 0 Å². The van der Waals surface area contributed by atoms with E-state index in [9.17, 15) is 28.5 Å². The smallest absolute Gasteiger partial charge is 0.397 e.